The molecule has 4 nitrogen and oxygen atoms in total. The molecule has 0 saturated heterocycles. The highest BCUT2D eigenvalue weighted by molar-refractivity contribution is 9.10. The lowest BCUT2D eigenvalue weighted by molar-refractivity contribution is 0.400. The summed E-state index contributed by atoms with van der Waals surface area (Å²) in [5, 5.41) is 9.99. The van der Waals surface area contributed by atoms with E-state index in [2.05, 4.69) is 51.6 Å². The minimum Gasteiger partial charge on any atom is -0.493 e. The molecular formula is C13H18BrN3OS. The lowest BCUT2D eigenvalue weighted by Crippen LogP contribution is -2.24. The number of thiophene rings is 1. The zero-order valence-corrected chi connectivity index (χ0v) is 13.7. The summed E-state index contributed by atoms with van der Waals surface area (Å²) in [4.78, 5) is 1.25. The smallest absolute Gasteiger partial charge is 0.161 e. The molecule has 104 valence electrons. The van der Waals surface area contributed by atoms with Gasteiger partial charge < -0.3 is 10.1 Å². The molecular weight excluding hydrogens is 326 g/mol. The first-order valence-corrected chi connectivity index (χ1v) is 7.95. The molecule has 0 amide bonds. The zero-order chi connectivity index (χ0) is 13.8. The van der Waals surface area contributed by atoms with Gasteiger partial charge in [0.05, 0.1) is 19.3 Å². The Kier molecular flexibility index (Phi) is 5.01. The highest BCUT2D eigenvalue weighted by Gasteiger charge is 2.23. The third-order valence-corrected chi connectivity index (χ3v) is 4.68. The summed E-state index contributed by atoms with van der Waals surface area (Å²) in [5.41, 5.74) is 1.08. The Hall–Kier alpha value is -0.850. The monoisotopic (exact) mass is 343 g/mol. The number of hydrogen-bond acceptors (Lipinski definition) is 4. The molecule has 1 atom stereocenters. The van der Waals surface area contributed by atoms with Gasteiger partial charge in [0.2, 0.25) is 0 Å². The Labute approximate surface area is 125 Å². The van der Waals surface area contributed by atoms with Crippen LogP contribution in [0.3, 0.4) is 0 Å². The van der Waals surface area contributed by atoms with E-state index in [0.29, 0.717) is 0 Å². The Morgan fingerprint density at radius 1 is 1.53 bits per heavy atom. The molecule has 0 aliphatic rings. The lowest BCUT2D eigenvalue weighted by Gasteiger charge is -2.19. The average Bonchev–Trinajstić information content (AvgIpc) is 3.01. The van der Waals surface area contributed by atoms with E-state index in [1.54, 1.807) is 24.6 Å². The molecule has 0 aliphatic heterocycles. The third kappa shape index (κ3) is 3.01. The van der Waals surface area contributed by atoms with Crippen molar-refractivity contribution in [2.45, 2.75) is 26.4 Å². The zero-order valence-electron chi connectivity index (χ0n) is 11.3. The Bertz CT molecular complexity index is 516. The van der Waals surface area contributed by atoms with Crippen LogP contribution in [0.15, 0.2) is 22.1 Å². The van der Waals surface area contributed by atoms with Crippen molar-refractivity contribution in [1.29, 1.82) is 0 Å². The van der Waals surface area contributed by atoms with Gasteiger partial charge >= 0.3 is 0 Å². The van der Waals surface area contributed by atoms with Crippen LogP contribution >= 0.6 is 27.3 Å². The maximum atomic E-state index is 5.45. The summed E-state index contributed by atoms with van der Waals surface area (Å²) in [7, 11) is 1.69. The van der Waals surface area contributed by atoms with Crippen LogP contribution in [-0.2, 0) is 6.54 Å². The number of rotatable bonds is 6. The van der Waals surface area contributed by atoms with Crippen LogP contribution in [0.25, 0.3) is 0 Å². The predicted molar refractivity (Wildman–Crippen MR) is 82.0 cm³/mol. The van der Waals surface area contributed by atoms with Gasteiger partial charge in [0, 0.05) is 21.3 Å². The first-order chi connectivity index (χ1) is 9.21. The predicted octanol–water partition coefficient (Wildman–Crippen LogP) is 3.43. The number of aromatic nitrogens is 2. The number of nitrogens with one attached hydrogen (secondary N) is 1. The van der Waals surface area contributed by atoms with Gasteiger partial charge in [-0.25, -0.2) is 0 Å². The molecule has 1 N–H and O–H groups in total. The number of aryl methyl sites for hydroxylation is 1. The van der Waals surface area contributed by atoms with Crippen LogP contribution in [0.2, 0.25) is 0 Å². The number of methoxy groups -OCH3 is 1. The standard InChI is InChI=1S/C13H18BrN3OS/c1-4-15-12(11-6-9(14)8-19-11)13-10(18-3)7-16-17(13)5-2/h6-8,12,15H,4-5H2,1-3H3. The Balaban J connectivity index is 2.46. The molecule has 0 bridgehead atoms. The summed E-state index contributed by atoms with van der Waals surface area (Å²) < 4.78 is 8.55. The van der Waals surface area contributed by atoms with E-state index in [-0.39, 0.29) is 6.04 Å². The normalized spacial score (nSPS) is 12.6. The van der Waals surface area contributed by atoms with Crippen molar-refractivity contribution in [3.8, 4) is 5.75 Å². The SMILES string of the molecule is CCNC(c1cc(Br)cs1)c1c(OC)cnn1CC. The van der Waals surface area contributed by atoms with Gasteiger partial charge in [-0.3, -0.25) is 4.68 Å². The van der Waals surface area contributed by atoms with Gasteiger partial charge in [-0.1, -0.05) is 6.92 Å². The second-order valence-corrected chi connectivity index (χ2v) is 5.93. The highest BCUT2D eigenvalue weighted by atomic mass is 79.9. The second-order valence-electron chi connectivity index (χ2n) is 4.07. The van der Waals surface area contributed by atoms with Crippen LogP contribution in [0.5, 0.6) is 5.75 Å². The van der Waals surface area contributed by atoms with Gasteiger partial charge in [0.1, 0.15) is 5.69 Å². The number of halogens is 1. The Morgan fingerprint density at radius 2 is 2.32 bits per heavy atom. The fourth-order valence-corrected chi connectivity index (χ4v) is 3.62. The fraction of sp³-hybridized carbons (Fsp3) is 0.462. The quantitative estimate of drug-likeness (QED) is 0.873. The molecule has 2 heterocycles. The van der Waals surface area contributed by atoms with Crippen molar-refractivity contribution < 1.29 is 4.74 Å². The van der Waals surface area contributed by atoms with Gasteiger partial charge in [-0.2, -0.15) is 5.10 Å². The van der Waals surface area contributed by atoms with Crippen molar-refractivity contribution in [1.82, 2.24) is 15.1 Å². The third-order valence-electron chi connectivity index (χ3n) is 2.92. The van der Waals surface area contributed by atoms with E-state index in [0.717, 1.165) is 29.0 Å². The van der Waals surface area contributed by atoms with E-state index >= 15 is 0 Å². The van der Waals surface area contributed by atoms with E-state index in [9.17, 15) is 0 Å². The molecule has 2 rings (SSSR count). The molecule has 0 radical (unpaired) electrons. The lowest BCUT2D eigenvalue weighted by atomic mass is 10.1. The second kappa shape index (κ2) is 6.54. The van der Waals surface area contributed by atoms with Crippen LogP contribution < -0.4 is 10.1 Å². The largest absolute Gasteiger partial charge is 0.493 e. The molecule has 0 spiro atoms. The molecule has 6 heteroatoms. The number of nitrogens with zero attached hydrogens (tertiary/aromatic N) is 2. The van der Waals surface area contributed by atoms with E-state index in [1.165, 1.54) is 4.88 Å². The maximum absolute atomic E-state index is 5.45. The number of ether oxygens (including phenoxy) is 1. The Morgan fingerprint density at radius 3 is 2.84 bits per heavy atom. The summed E-state index contributed by atoms with van der Waals surface area (Å²) in [6.07, 6.45) is 1.78. The van der Waals surface area contributed by atoms with E-state index in [4.69, 9.17) is 4.74 Å². The van der Waals surface area contributed by atoms with Crippen molar-refractivity contribution in [2.24, 2.45) is 0 Å². The summed E-state index contributed by atoms with van der Waals surface area (Å²) in [5.74, 6) is 0.831. The molecule has 0 aliphatic carbocycles. The fourth-order valence-electron chi connectivity index (χ4n) is 2.09. The topological polar surface area (TPSA) is 39.1 Å². The first-order valence-electron chi connectivity index (χ1n) is 6.28. The summed E-state index contributed by atoms with van der Waals surface area (Å²) in [6.45, 7) is 5.91. The minimum atomic E-state index is 0.110. The van der Waals surface area contributed by atoms with Crippen molar-refractivity contribution in [3.05, 3.63) is 32.7 Å². The van der Waals surface area contributed by atoms with Crippen LogP contribution in [0.1, 0.15) is 30.5 Å². The van der Waals surface area contributed by atoms with Crippen molar-refractivity contribution in [3.63, 3.8) is 0 Å². The summed E-state index contributed by atoms with van der Waals surface area (Å²) >= 11 is 5.24. The van der Waals surface area contributed by atoms with E-state index in [1.807, 2.05) is 4.68 Å². The van der Waals surface area contributed by atoms with Crippen molar-refractivity contribution in [2.75, 3.05) is 13.7 Å². The average molecular weight is 344 g/mol. The number of hydrogen-bond donors (Lipinski definition) is 1. The van der Waals surface area contributed by atoms with Gasteiger partial charge in [-0.15, -0.1) is 11.3 Å². The molecule has 2 aromatic heterocycles. The minimum absolute atomic E-state index is 0.110. The molecule has 2 aromatic rings. The highest BCUT2D eigenvalue weighted by Crippen LogP contribution is 2.34. The summed E-state index contributed by atoms with van der Waals surface area (Å²) in [6, 6.07) is 2.25. The van der Waals surface area contributed by atoms with Crippen molar-refractivity contribution >= 4 is 27.3 Å². The molecule has 19 heavy (non-hydrogen) atoms. The van der Waals surface area contributed by atoms with Crippen LogP contribution in [0, 0.1) is 0 Å². The molecule has 0 aromatic carbocycles. The van der Waals surface area contributed by atoms with Gasteiger partial charge in [0.15, 0.2) is 5.75 Å². The van der Waals surface area contributed by atoms with Crippen LogP contribution in [-0.4, -0.2) is 23.4 Å². The van der Waals surface area contributed by atoms with Crippen LogP contribution in [0.4, 0.5) is 0 Å². The molecule has 1 unspecified atom stereocenters. The van der Waals surface area contributed by atoms with E-state index < -0.39 is 0 Å². The maximum Gasteiger partial charge on any atom is 0.161 e. The first kappa shape index (κ1) is 14.6. The van der Waals surface area contributed by atoms with Gasteiger partial charge in [0.25, 0.3) is 0 Å². The molecule has 0 saturated carbocycles. The molecule has 0 fully saturated rings. The van der Waals surface area contributed by atoms with Gasteiger partial charge in [-0.05, 0) is 35.5 Å².